The summed E-state index contributed by atoms with van der Waals surface area (Å²) in [4.78, 5) is 0. The van der Waals surface area contributed by atoms with E-state index in [9.17, 15) is 21.6 Å². The molecule has 0 aliphatic heterocycles. The van der Waals surface area contributed by atoms with E-state index in [0.29, 0.717) is 4.31 Å². The zero-order chi connectivity index (χ0) is 14.8. The maximum Gasteiger partial charge on any atom is 0.402 e. The van der Waals surface area contributed by atoms with Crippen LogP contribution < -0.4 is 0 Å². The van der Waals surface area contributed by atoms with E-state index >= 15 is 0 Å². The van der Waals surface area contributed by atoms with Crippen LogP contribution in [0.2, 0.25) is 0 Å². The first-order chi connectivity index (χ1) is 8.58. The second-order valence-electron chi connectivity index (χ2n) is 4.11. The van der Waals surface area contributed by atoms with E-state index in [0.717, 1.165) is 6.07 Å². The first kappa shape index (κ1) is 16.3. The Morgan fingerprint density at radius 1 is 1.37 bits per heavy atom. The van der Waals surface area contributed by atoms with Crippen molar-refractivity contribution in [3.63, 3.8) is 0 Å². The molecule has 0 saturated carbocycles. The minimum atomic E-state index is -4.63. The molecule has 0 bridgehead atoms. The quantitative estimate of drug-likeness (QED) is 0.784. The Hall–Kier alpha value is -0.730. The van der Waals surface area contributed by atoms with Crippen molar-refractivity contribution in [3.8, 4) is 0 Å². The van der Waals surface area contributed by atoms with Gasteiger partial charge < -0.3 is 4.42 Å². The van der Waals surface area contributed by atoms with Crippen molar-refractivity contribution in [1.29, 1.82) is 0 Å². The Balaban J connectivity index is 3.13. The van der Waals surface area contributed by atoms with Crippen LogP contribution in [-0.2, 0) is 15.9 Å². The number of hydrogen-bond acceptors (Lipinski definition) is 3. The summed E-state index contributed by atoms with van der Waals surface area (Å²) in [6.45, 7) is 1.15. The third-order valence-electron chi connectivity index (χ3n) is 2.24. The van der Waals surface area contributed by atoms with Crippen molar-refractivity contribution < 1.29 is 26.0 Å². The lowest BCUT2D eigenvalue weighted by atomic mass is 10.4. The van der Waals surface area contributed by atoms with Crippen LogP contribution in [-0.4, -0.2) is 31.5 Å². The molecular formula is C10H13ClF3NO3S. The summed E-state index contributed by atoms with van der Waals surface area (Å²) in [5.74, 6) is 0.118. The first-order valence-electron chi connectivity index (χ1n) is 5.31. The number of halogens is 4. The van der Waals surface area contributed by atoms with Crippen LogP contribution in [0.1, 0.15) is 19.6 Å². The Labute approximate surface area is 114 Å². The van der Waals surface area contributed by atoms with Crippen molar-refractivity contribution in [2.24, 2.45) is 0 Å². The third-order valence-corrected chi connectivity index (χ3v) is 4.40. The van der Waals surface area contributed by atoms with Crippen LogP contribution >= 0.6 is 11.6 Å². The fourth-order valence-electron chi connectivity index (χ4n) is 1.41. The van der Waals surface area contributed by atoms with Crippen LogP contribution in [0.15, 0.2) is 21.6 Å². The maximum absolute atomic E-state index is 12.4. The Morgan fingerprint density at radius 2 is 1.95 bits per heavy atom. The van der Waals surface area contributed by atoms with Gasteiger partial charge in [-0.1, -0.05) is 0 Å². The molecule has 9 heteroatoms. The van der Waals surface area contributed by atoms with Gasteiger partial charge in [0.2, 0.25) is 5.09 Å². The highest BCUT2D eigenvalue weighted by Gasteiger charge is 2.39. The van der Waals surface area contributed by atoms with Gasteiger partial charge in [0, 0.05) is 6.04 Å². The molecule has 1 heterocycles. The molecule has 0 aliphatic rings. The first-order valence-corrected chi connectivity index (χ1v) is 7.28. The maximum atomic E-state index is 12.4. The molecule has 1 aromatic heterocycles. The van der Waals surface area contributed by atoms with Gasteiger partial charge in [-0.25, -0.2) is 8.42 Å². The SMILES string of the molecule is CC(C)N(CC(F)(F)F)S(=O)(=O)c1ccc(CCl)o1. The number of sulfonamides is 1. The molecule has 0 aliphatic carbocycles. The molecule has 19 heavy (non-hydrogen) atoms. The minimum Gasteiger partial charge on any atom is -0.447 e. The predicted molar refractivity (Wildman–Crippen MR) is 63.3 cm³/mol. The summed E-state index contributed by atoms with van der Waals surface area (Å²) in [5.41, 5.74) is 0. The largest absolute Gasteiger partial charge is 0.447 e. The molecule has 0 atom stereocenters. The summed E-state index contributed by atoms with van der Waals surface area (Å²) in [7, 11) is -4.33. The van der Waals surface area contributed by atoms with E-state index in [-0.39, 0.29) is 11.6 Å². The molecule has 0 saturated heterocycles. The summed E-state index contributed by atoms with van der Waals surface area (Å²) in [5, 5.41) is -0.541. The van der Waals surface area contributed by atoms with Gasteiger partial charge in [0.05, 0.1) is 5.88 Å². The third kappa shape index (κ3) is 4.12. The topological polar surface area (TPSA) is 50.5 Å². The number of nitrogens with zero attached hydrogens (tertiary/aromatic N) is 1. The lowest BCUT2D eigenvalue weighted by molar-refractivity contribution is -0.138. The number of rotatable bonds is 5. The van der Waals surface area contributed by atoms with Gasteiger partial charge >= 0.3 is 6.18 Å². The van der Waals surface area contributed by atoms with Gasteiger partial charge in [0.25, 0.3) is 10.0 Å². The van der Waals surface area contributed by atoms with E-state index in [4.69, 9.17) is 16.0 Å². The number of furan rings is 1. The van der Waals surface area contributed by atoms with Gasteiger partial charge in [-0.2, -0.15) is 17.5 Å². The van der Waals surface area contributed by atoms with Crippen molar-refractivity contribution in [3.05, 3.63) is 17.9 Å². The molecule has 1 rings (SSSR count). The molecule has 0 N–H and O–H groups in total. The summed E-state index contributed by atoms with van der Waals surface area (Å²) in [6.07, 6.45) is -4.63. The molecule has 0 fully saturated rings. The van der Waals surface area contributed by atoms with Gasteiger partial charge in [-0.15, -0.1) is 11.6 Å². The predicted octanol–water partition coefficient (Wildman–Crippen LogP) is 2.98. The molecule has 0 unspecified atom stereocenters. The highest BCUT2D eigenvalue weighted by Crippen LogP contribution is 2.26. The lowest BCUT2D eigenvalue weighted by Crippen LogP contribution is -2.43. The molecule has 4 nitrogen and oxygen atoms in total. The molecule has 0 aromatic carbocycles. The fraction of sp³-hybridized carbons (Fsp3) is 0.600. The number of alkyl halides is 4. The summed E-state index contributed by atoms with van der Waals surface area (Å²) < 4.78 is 66.7. The summed E-state index contributed by atoms with van der Waals surface area (Å²) in [6, 6.07) is 1.56. The van der Waals surface area contributed by atoms with Crippen LogP contribution in [0.25, 0.3) is 0 Å². The average Bonchev–Trinajstić information content (AvgIpc) is 2.73. The van der Waals surface area contributed by atoms with Crippen LogP contribution in [0.4, 0.5) is 13.2 Å². The standard InChI is InChI=1S/C10H13ClF3NO3S/c1-7(2)15(6-10(12,13)14)19(16,17)9-4-3-8(5-11)18-9/h3-4,7H,5-6H2,1-2H3. The van der Waals surface area contributed by atoms with Gasteiger partial charge in [0.15, 0.2) is 0 Å². The molecule has 0 amide bonds. The van der Waals surface area contributed by atoms with Crippen molar-refractivity contribution in [2.45, 2.75) is 37.0 Å². The van der Waals surface area contributed by atoms with Gasteiger partial charge in [-0.3, -0.25) is 0 Å². The molecular weight excluding hydrogens is 307 g/mol. The van der Waals surface area contributed by atoms with Gasteiger partial charge in [-0.05, 0) is 26.0 Å². The van der Waals surface area contributed by atoms with E-state index in [1.54, 1.807) is 0 Å². The highest BCUT2D eigenvalue weighted by molar-refractivity contribution is 7.89. The van der Waals surface area contributed by atoms with Crippen molar-refractivity contribution >= 4 is 21.6 Å². The Bertz CT molecular complexity index is 524. The lowest BCUT2D eigenvalue weighted by Gasteiger charge is -2.25. The smallest absolute Gasteiger partial charge is 0.402 e. The normalized spacial score (nSPS) is 13.5. The Morgan fingerprint density at radius 3 is 2.32 bits per heavy atom. The molecule has 110 valence electrons. The van der Waals surface area contributed by atoms with Crippen molar-refractivity contribution in [1.82, 2.24) is 4.31 Å². The van der Waals surface area contributed by atoms with Crippen LogP contribution in [0.5, 0.6) is 0 Å². The van der Waals surface area contributed by atoms with Crippen LogP contribution in [0, 0.1) is 0 Å². The van der Waals surface area contributed by atoms with Gasteiger partial charge in [0.1, 0.15) is 12.3 Å². The number of hydrogen-bond donors (Lipinski definition) is 0. The zero-order valence-corrected chi connectivity index (χ0v) is 11.8. The average molecular weight is 320 g/mol. The minimum absolute atomic E-state index is 0.0591. The fourth-order valence-corrected chi connectivity index (χ4v) is 3.10. The highest BCUT2D eigenvalue weighted by atomic mass is 35.5. The molecule has 1 aromatic rings. The van der Waals surface area contributed by atoms with E-state index in [1.165, 1.54) is 19.9 Å². The summed E-state index contributed by atoms with van der Waals surface area (Å²) >= 11 is 5.46. The second kappa shape index (κ2) is 5.72. The van der Waals surface area contributed by atoms with Crippen LogP contribution in [0.3, 0.4) is 0 Å². The monoisotopic (exact) mass is 319 g/mol. The Kier molecular flexibility index (Phi) is 4.91. The molecule has 0 radical (unpaired) electrons. The molecule has 0 spiro atoms. The second-order valence-corrected chi connectivity index (χ2v) is 6.20. The van der Waals surface area contributed by atoms with E-state index < -0.39 is 33.9 Å². The van der Waals surface area contributed by atoms with Crippen molar-refractivity contribution in [2.75, 3.05) is 6.54 Å². The zero-order valence-electron chi connectivity index (χ0n) is 10.2. The van der Waals surface area contributed by atoms with E-state index in [1.807, 2.05) is 0 Å². The van der Waals surface area contributed by atoms with E-state index in [2.05, 4.69) is 0 Å².